The minimum absolute atomic E-state index is 0.279. The Labute approximate surface area is 97.2 Å². The minimum atomic E-state index is -0.657. The lowest BCUT2D eigenvalue weighted by atomic mass is 9.91. The van der Waals surface area contributed by atoms with Gasteiger partial charge >= 0.3 is 0 Å². The van der Waals surface area contributed by atoms with E-state index in [1.165, 1.54) is 0 Å². The molecule has 88 valence electrons. The SMILES string of the molecule is CSCC(C)(O)CNCCC(C)(C)C#N. The molecule has 0 radical (unpaired) electrons. The zero-order chi connectivity index (χ0) is 11.9. The van der Waals surface area contributed by atoms with Crippen molar-refractivity contribution in [3.63, 3.8) is 0 Å². The normalized spacial score (nSPS) is 15.7. The lowest BCUT2D eigenvalue weighted by molar-refractivity contribution is 0.0844. The van der Waals surface area contributed by atoms with Crippen LogP contribution in [0.1, 0.15) is 27.2 Å². The summed E-state index contributed by atoms with van der Waals surface area (Å²) in [5.41, 5.74) is -0.936. The van der Waals surface area contributed by atoms with Crippen LogP contribution in [0, 0.1) is 16.7 Å². The molecule has 0 heterocycles. The van der Waals surface area contributed by atoms with Crippen LogP contribution >= 0.6 is 11.8 Å². The first-order valence-electron chi connectivity index (χ1n) is 5.16. The third-order valence-corrected chi connectivity index (χ3v) is 3.10. The molecule has 0 fully saturated rings. The van der Waals surface area contributed by atoms with Gasteiger partial charge in [0, 0.05) is 12.3 Å². The molecule has 0 spiro atoms. The van der Waals surface area contributed by atoms with Crippen molar-refractivity contribution in [2.24, 2.45) is 5.41 Å². The first-order chi connectivity index (χ1) is 6.83. The van der Waals surface area contributed by atoms with E-state index in [4.69, 9.17) is 5.26 Å². The molecule has 0 saturated carbocycles. The maximum Gasteiger partial charge on any atom is 0.0833 e. The molecule has 0 aromatic rings. The Balaban J connectivity index is 3.68. The highest BCUT2D eigenvalue weighted by Gasteiger charge is 2.20. The average molecular weight is 230 g/mol. The second-order valence-electron chi connectivity index (χ2n) is 4.85. The molecule has 0 aromatic carbocycles. The maximum absolute atomic E-state index is 9.85. The Morgan fingerprint density at radius 1 is 1.40 bits per heavy atom. The first kappa shape index (κ1) is 14.8. The van der Waals surface area contributed by atoms with Crippen LogP contribution in [0.5, 0.6) is 0 Å². The Morgan fingerprint density at radius 2 is 2.00 bits per heavy atom. The lowest BCUT2D eigenvalue weighted by Gasteiger charge is -2.23. The van der Waals surface area contributed by atoms with Crippen molar-refractivity contribution in [3.05, 3.63) is 0 Å². The molecule has 1 atom stereocenters. The Bertz CT molecular complexity index is 221. The fraction of sp³-hybridized carbons (Fsp3) is 0.909. The van der Waals surface area contributed by atoms with Gasteiger partial charge in [0.05, 0.1) is 17.1 Å². The largest absolute Gasteiger partial charge is 0.388 e. The minimum Gasteiger partial charge on any atom is -0.388 e. The van der Waals surface area contributed by atoms with Crippen molar-refractivity contribution in [1.82, 2.24) is 5.32 Å². The van der Waals surface area contributed by atoms with Gasteiger partial charge in [0.2, 0.25) is 0 Å². The van der Waals surface area contributed by atoms with Gasteiger partial charge in [-0.2, -0.15) is 17.0 Å². The Kier molecular flexibility index (Phi) is 6.26. The Hall–Kier alpha value is -0.240. The summed E-state index contributed by atoms with van der Waals surface area (Å²) in [5.74, 6) is 0.724. The molecule has 2 N–H and O–H groups in total. The standard InChI is InChI=1S/C11H22N2OS/c1-10(2,7-12)5-6-13-8-11(3,14)9-15-4/h13-14H,5-6,8-9H2,1-4H3. The molecule has 3 nitrogen and oxygen atoms in total. The summed E-state index contributed by atoms with van der Waals surface area (Å²) < 4.78 is 0. The third kappa shape index (κ3) is 7.66. The summed E-state index contributed by atoms with van der Waals surface area (Å²) in [4.78, 5) is 0. The monoisotopic (exact) mass is 230 g/mol. The Morgan fingerprint density at radius 3 is 2.47 bits per heavy atom. The number of nitriles is 1. The molecule has 0 amide bonds. The van der Waals surface area contributed by atoms with Crippen LogP contribution in [0.15, 0.2) is 0 Å². The average Bonchev–Trinajstić information content (AvgIpc) is 2.13. The van der Waals surface area contributed by atoms with Gasteiger partial charge in [-0.3, -0.25) is 0 Å². The molecule has 0 bridgehead atoms. The number of thioether (sulfide) groups is 1. The number of hydrogen-bond donors (Lipinski definition) is 2. The van der Waals surface area contributed by atoms with E-state index in [1.54, 1.807) is 11.8 Å². The zero-order valence-corrected chi connectivity index (χ0v) is 10.9. The second-order valence-corrected chi connectivity index (χ2v) is 5.72. The lowest BCUT2D eigenvalue weighted by Crippen LogP contribution is -2.40. The van der Waals surface area contributed by atoms with E-state index in [2.05, 4.69) is 11.4 Å². The number of nitrogens with zero attached hydrogens (tertiary/aromatic N) is 1. The van der Waals surface area contributed by atoms with Crippen molar-refractivity contribution < 1.29 is 5.11 Å². The highest BCUT2D eigenvalue weighted by atomic mass is 32.2. The molecule has 4 heteroatoms. The van der Waals surface area contributed by atoms with E-state index in [-0.39, 0.29) is 5.41 Å². The molecule has 0 aliphatic rings. The smallest absolute Gasteiger partial charge is 0.0833 e. The summed E-state index contributed by atoms with van der Waals surface area (Å²) in [6.45, 7) is 7.02. The molecule has 0 aliphatic carbocycles. The first-order valence-corrected chi connectivity index (χ1v) is 6.56. The van der Waals surface area contributed by atoms with Gasteiger partial charge in [-0.1, -0.05) is 0 Å². The molecular weight excluding hydrogens is 208 g/mol. The number of aliphatic hydroxyl groups is 1. The van der Waals surface area contributed by atoms with E-state index in [1.807, 2.05) is 27.0 Å². The summed E-state index contributed by atoms with van der Waals surface area (Å²) in [6, 6.07) is 2.26. The molecule has 15 heavy (non-hydrogen) atoms. The number of rotatable bonds is 7. The van der Waals surface area contributed by atoms with Gasteiger partial charge in [-0.15, -0.1) is 0 Å². The fourth-order valence-corrected chi connectivity index (χ4v) is 1.90. The number of nitrogens with one attached hydrogen (secondary N) is 1. The van der Waals surface area contributed by atoms with E-state index in [0.717, 1.165) is 18.7 Å². The van der Waals surface area contributed by atoms with Crippen molar-refractivity contribution in [2.75, 3.05) is 25.1 Å². The van der Waals surface area contributed by atoms with Crippen molar-refractivity contribution in [3.8, 4) is 6.07 Å². The van der Waals surface area contributed by atoms with Crippen molar-refractivity contribution >= 4 is 11.8 Å². The van der Waals surface area contributed by atoms with Crippen LogP contribution in [0.2, 0.25) is 0 Å². The highest BCUT2D eigenvalue weighted by Crippen LogP contribution is 2.17. The quantitative estimate of drug-likeness (QED) is 0.653. The highest BCUT2D eigenvalue weighted by molar-refractivity contribution is 7.98. The molecule has 1 unspecified atom stereocenters. The maximum atomic E-state index is 9.85. The predicted octanol–water partition coefficient (Wildman–Crippen LogP) is 1.63. The van der Waals surface area contributed by atoms with Crippen LogP contribution in [0.4, 0.5) is 0 Å². The molecular formula is C11H22N2OS. The molecule has 0 saturated heterocycles. The molecule has 0 aromatic heterocycles. The van der Waals surface area contributed by atoms with Gasteiger partial charge in [-0.05, 0) is 40.0 Å². The van der Waals surface area contributed by atoms with Gasteiger partial charge in [0.1, 0.15) is 0 Å². The van der Waals surface area contributed by atoms with E-state index >= 15 is 0 Å². The van der Waals surface area contributed by atoms with E-state index < -0.39 is 5.60 Å². The van der Waals surface area contributed by atoms with Crippen molar-refractivity contribution in [2.45, 2.75) is 32.8 Å². The fourth-order valence-electron chi connectivity index (χ4n) is 1.18. The topological polar surface area (TPSA) is 56.0 Å². The van der Waals surface area contributed by atoms with Crippen LogP contribution in [0.3, 0.4) is 0 Å². The summed E-state index contributed by atoms with van der Waals surface area (Å²) in [5, 5.41) is 21.8. The van der Waals surface area contributed by atoms with Crippen LogP contribution in [-0.2, 0) is 0 Å². The summed E-state index contributed by atoms with van der Waals surface area (Å²) in [7, 11) is 0. The molecule has 0 aliphatic heterocycles. The van der Waals surface area contributed by atoms with Crippen molar-refractivity contribution in [1.29, 1.82) is 5.26 Å². The third-order valence-electron chi connectivity index (χ3n) is 2.19. The summed E-state index contributed by atoms with van der Waals surface area (Å²) >= 11 is 1.63. The van der Waals surface area contributed by atoms with Crippen LogP contribution in [0.25, 0.3) is 0 Å². The van der Waals surface area contributed by atoms with Gasteiger partial charge < -0.3 is 10.4 Å². The van der Waals surface area contributed by atoms with Gasteiger partial charge in [-0.25, -0.2) is 0 Å². The number of hydrogen-bond acceptors (Lipinski definition) is 4. The van der Waals surface area contributed by atoms with Crippen LogP contribution < -0.4 is 5.32 Å². The van der Waals surface area contributed by atoms with Gasteiger partial charge in [0.25, 0.3) is 0 Å². The van der Waals surface area contributed by atoms with Crippen LogP contribution in [-0.4, -0.2) is 35.8 Å². The van der Waals surface area contributed by atoms with E-state index in [9.17, 15) is 5.11 Å². The van der Waals surface area contributed by atoms with Gasteiger partial charge in [0.15, 0.2) is 0 Å². The molecule has 0 rings (SSSR count). The predicted molar refractivity (Wildman–Crippen MR) is 65.9 cm³/mol. The second kappa shape index (κ2) is 6.37. The van der Waals surface area contributed by atoms with E-state index in [0.29, 0.717) is 6.54 Å². The summed E-state index contributed by atoms with van der Waals surface area (Å²) in [6.07, 6.45) is 2.78. The zero-order valence-electron chi connectivity index (χ0n) is 10.1.